The van der Waals surface area contributed by atoms with E-state index >= 15 is 0 Å². The predicted molar refractivity (Wildman–Crippen MR) is 120 cm³/mol. The Hall–Kier alpha value is -3.59. The van der Waals surface area contributed by atoms with E-state index in [4.69, 9.17) is 4.74 Å². The third kappa shape index (κ3) is 4.63. The number of hydrogen-bond donors (Lipinski definition) is 0. The van der Waals surface area contributed by atoms with Crippen molar-refractivity contribution in [1.82, 2.24) is 4.57 Å². The summed E-state index contributed by atoms with van der Waals surface area (Å²) in [6, 6.07) is 14.5. The van der Waals surface area contributed by atoms with E-state index in [1.807, 2.05) is 30.3 Å². The molecule has 1 aliphatic rings. The summed E-state index contributed by atoms with van der Waals surface area (Å²) in [4.78, 5) is 31.2. The molecule has 3 aromatic rings. The van der Waals surface area contributed by atoms with Crippen molar-refractivity contribution in [3.8, 4) is 5.75 Å². The van der Waals surface area contributed by atoms with E-state index < -0.39 is 18.6 Å². The molecule has 1 aromatic heterocycles. The molecule has 170 valence electrons. The van der Waals surface area contributed by atoms with Crippen LogP contribution >= 0.6 is 11.3 Å². The topological polar surface area (TPSA) is 69.9 Å². The first-order valence-electron chi connectivity index (χ1n) is 10.2. The van der Waals surface area contributed by atoms with Gasteiger partial charge in [-0.15, -0.1) is 0 Å². The van der Waals surface area contributed by atoms with Crippen LogP contribution in [0.2, 0.25) is 0 Å². The second-order valence-electron chi connectivity index (χ2n) is 7.16. The van der Waals surface area contributed by atoms with Crippen molar-refractivity contribution >= 4 is 23.4 Å². The number of carbonyl (C=O) groups excluding carboxylic acids is 1. The van der Waals surface area contributed by atoms with Gasteiger partial charge in [0.2, 0.25) is 0 Å². The van der Waals surface area contributed by atoms with Crippen molar-refractivity contribution in [1.29, 1.82) is 0 Å². The standard InChI is InChI=1S/C24H20F2N2O4S/c1-3-31-22(30)19-14(2)27-24-28(20(19)16-7-5-4-6-8-16)21(29)18(33-24)13-15-9-11-17(12-10-15)32-23(25)26/h4-13,20,23H,3H2,1-2H3/b18-13-. The highest BCUT2D eigenvalue weighted by atomic mass is 32.1. The Morgan fingerprint density at radius 1 is 1.18 bits per heavy atom. The Kier molecular flexibility index (Phi) is 6.50. The summed E-state index contributed by atoms with van der Waals surface area (Å²) in [6.45, 7) is 0.737. The molecule has 2 heterocycles. The Balaban J connectivity index is 1.84. The molecule has 4 rings (SSSR count). The van der Waals surface area contributed by atoms with E-state index in [0.717, 1.165) is 5.56 Å². The fourth-order valence-electron chi connectivity index (χ4n) is 3.64. The smallest absolute Gasteiger partial charge is 0.387 e. The monoisotopic (exact) mass is 470 g/mol. The largest absolute Gasteiger partial charge is 0.463 e. The maximum Gasteiger partial charge on any atom is 0.387 e. The molecule has 0 saturated heterocycles. The van der Waals surface area contributed by atoms with Gasteiger partial charge in [-0.2, -0.15) is 8.78 Å². The van der Waals surface area contributed by atoms with Crippen LogP contribution in [0.25, 0.3) is 6.08 Å². The van der Waals surface area contributed by atoms with Crippen molar-refractivity contribution in [3.05, 3.63) is 96.7 Å². The van der Waals surface area contributed by atoms with Crippen molar-refractivity contribution < 1.29 is 23.0 Å². The van der Waals surface area contributed by atoms with Crippen LogP contribution in [-0.4, -0.2) is 23.8 Å². The molecule has 9 heteroatoms. The SMILES string of the molecule is CCOC(=O)C1=C(C)N=c2s/c(=C\c3ccc(OC(F)F)cc3)c(=O)n2C1c1ccccc1. The Bertz CT molecular complexity index is 1380. The molecule has 0 radical (unpaired) electrons. The van der Waals surface area contributed by atoms with Crippen molar-refractivity contribution in [2.24, 2.45) is 4.99 Å². The normalized spacial score (nSPS) is 15.9. The summed E-state index contributed by atoms with van der Waals surface area (Å²) in [5.74, 6) is -0.487. The molecule has 2 aromatic carbocycles. The fraction of sp³-hybridized carbons (Fsp3) is 0.208. The molecular weight excluding hydrogens is 450 g/mol. The van der Waals surface area contributed by atoms with E-state index in [0.29, 0.717) is 26.2 Å². The summed E-state index contributed by atoms with van der Waals surface area (Å²) >= 11 is 1.19. The third-order valence-corrected chi connectivity index (χ3v) is 6.02. The maximum absolute atomic E-state index is 13.4. The molecule has 0 saturated carbocycles. The van der Waals surface area contributed by atoms with Gasteiger partial charge in [0.1, 0.15) is 5.75 Å². The van der Waals surface area contributed by atoms with E-state index in [-0.39, 0.29) is 17.9 Å². The highest BCUT2D eigenvalue weighted by Crippen LogP contribution is 2.30. The lowest BCUT2D eigenvalue weighted by Crippen LogP contribution is -2.39. The van der Waals surface area contributed by atoms with Crippen LogP contribution in [-0.2, 0) is 9.53 Å². The molecule has 33 heavy (non-hydrogen) atoms. The van der Waals surface area contributed by atoms with Gasteiger partial charge >= 0.3 is 12.6 Å². The minimum absolute atomic E-state index is 0.0300. The van der Waals surface area contributed by atoms with Crippen molar-refractivity contribution in [2.45, 2.75) is 26.5 Å². The second kappa shape index (κ2) is 9.50. The molecular formula is C24H20F2N2O4S. The molecule has 1 aliphatic heterocycles. The molecule has 0 bridgehead atoms. The summed E-state index contributed by atoms with van der Waals surface area (Å²) in [5.41, 5.74) is 1.89. The van der Waals surface area contributed by atoms with Crippen LogP contribution in [0.5, 0.6) is 5.75 Å². The fourth-order valence-corrected chi connectivity index (χ4v) is 4.69. The molecule has 0 N–H and O–H groups in total. The van der Waals surface area contributed by atoms with Gasteiger partial charge in [0.25, 0.3) is 5.56 Å². The van der Waals surface area contributed by atoms with Gasteiger partial charge in [-0.25, -0.2) is 9.79 Å². The Morgan fingerprint density at radius 2 is 1.88 bits per heavy atom. The molecule has 0 amide bonds. The zero-order valence-corrected chi connectivity index (χ0v) is 18.6. The molecule has 0 aliphatic carbocycles. The number of halogens is 2. The number of aromatic nitrogens is 1. The zero-order valence-electron chi connectivity index (χ0n) is 17.8. The van der Waals surface area contributed by atoms with E-state index in [2.05, 4.69) is 9.73 Å². The summed E-state index contributed by atoms with van der Waals surface area (Å²) in [7, 11) is 0. The number of thiazole rings is 1. The zero-order chi connectivity index (χ0) is 23.5. The number of carbonyl (C=O) groups is 1. The van der Waals surface area contributed by atoms with Crippen molar-refractivity contribution in [2.75, 3.05) is 6.61 Å². The molecule has 1 unspecified atom stereocenters. The lowest BCUT2D eigenvalue weighted by Gasteiger charge is -2.24. The van der Waals surface area contributed by atoms with E-state index in [1.165, 1.54) is 28.0 Å². The lowest BCUT2D eigenvalue weighted by molar-refractivity contribution is -0.139. The maximum atomic E-state index is 13.4. The number of allylic oxidation sites excluding steroid dienone is 1. The second-order valence-corrected chi connectivity index (χ2v) is 8.17. The first-order valence-corrected chi connectivity index (χ1v) is 11.0. The lowest BCUT2D eigenvalue weighted by atomic mass is 9.96. The summed E-state index contributed by atoms with van der Waals surface area (Å²) < 4.78 is 36.3. The van der Waals surface area contributed by atoms with Gasteiger partial charge in [0.15, 0.2) is 4.80 Å². The van der Waals surface area contributed by atoms with Crippen LogP contribution in [0.15, 0.2) is 75.7 Å². The van der Waals surface area contributed by atoms with E-state index in [1.54, 1.807) is 32.1 Å². The van der Waals surface area contributed by atoms with Gasteiger partial charge in [0.05, 0.1) is 28.5 Å². The Morgan fingerprint density at radius 3 is 2.52 bits per heavy atom. The van der Waals surface area contributed by atoms with Crippen LogP contribution in [0.1, 0.15) is 31.0 Å². The van der Waals surface area contributed by atoms with Crippen LogP contribution in [0, 0.1) is 0 Å². The first-order chi connectivity index (χ1) is 15.9. The molecule has 6 nitrogen and oxygen atoms in total. The number of ether oxygens (including phenoxy) is 2. The number of benzene rings is 2. The van der Waals surface area contributed by atoms with Gasteiger partial charge < -0.3 is 9.47 Å². The molecule has 0 spiro atoms. The molecule has 0 fully saturated rings. The average Bonchev–Trinajstić information content (AvgIpc) is 3.09. The van der Waals surface area contributed by atoms with Gasteiger partial charge in [-0.3, -0.25) is 9.36 Å². The third-order valence-electron chi connectivity index (χ3n) is 5.04. The number of hydrogen-bond acceptors (Lipinski definition) is 6. The summed E-state index contributed by atoms with van der Waals surface area (Å²) in [5, 5.41) is 0. The van der Waals surface area contributed by atoms with Gasteiger partial charge in [0, 0.05) is 0 Å². The van der Waals surface area contributed by atoms with Gasteiger partial charge in [-0.1, -0.05) is 53.8 Å². The summed E-state index contributed by atoms with van der Waals surface area (Å²) in [6.07, 6.45) is 1.65. The van der Waals surface area contributed by atoms with Crippen LogP contribution in [0.3, 0.4) is 0 Å². The number of rotatable bonds is 6. The first kappa shape index (κ1) is 22.6. The quantitative estimate of drug-likeness (QED) is 0.518. The van der Waals surface area contributed by atoms with Crippen LogP contribution in [0.4, 0.5) is 8.78 Å². The number of nitrogens with zero attached hydrogens (tertiary/aromatic N) is 2. The number of esters is 1. The van der Waals surface area contributed by atoms with E-state index in [9.17, 15) is 18.4 Å². The van der Waals surface area contributed by atoms with Gasteiger partial charge in [-0.05, 0) is 43.2 Å². The predicted octanol–water partition coefficient (Wildman–Crippen LogP) is 3.40. The Labute approximate surface area is 191 Å². The minimum atomic E-state index is -2.91. The number of alkyl halides is 2. The average molecular weight is 470 g/mol. The van der Waals surface area contributed by atoms with Crippen molar-refractivity contribution in [3.63, 3.8) is 0 Å². The highest BCUT2D eigenvalue weighted by Gasteiger charge is 2.33. The number of fused-ring (bicyclic) bond motifs is 1. The minimum Gasteiger partial charge on any atom is -0.463 e. The van der Waals surface area contributed by atoms with Crippen LogP contribution < -0.4 is 19.6 Å². The highest BCUT2D eigenvalue weighted by molar-refractivity contribution is 7.07. The molecule has 1 atom stereocenters.